The number of aryl methyl sites for hydroxylation is 4. The van der Waals surface area contributed by atoms with Gasteiger partial charge in [0.05, 0.1) is 5.69 Å². The van der Waals surface area contributed by atoms with E-state index in [1.807, 2.05) is 13.8 Å². The van der Waals surface area contributed by atoms with E-state index in [0.717, 1.165) is 5.69 Å². The molecule has 2 aromatic heterocycles. The van der Waals surface area contributed by atoms with Crippen molar-refractivity contribution in [2.24, 2.45) is 0 Å². The molecule has 0 aromatic carbocycles. The van der Waals surface area contributed by atoms with Gasteiger partial charge in [-0.15, -0.1) is 0 Å². The average molecular weight is 248 g/mol. The number of nitrogens with one attached hydrogen (secondary N) is 1. The van der Waals surface area contributed by atoms with Crippen molar-refractivity contribution in [3.05, 3.63) is 28.9 Å². The van der Waals surface area contributed by atoms with E-state index in [1.165, 1.54) is 0 Å². The van der Waals surface area contributed by atoms with Gasteiger partial charge in [-0.3, -0.25) is 9.48 Å². The molecule has 0 radical (unpaired) electrons. The first-order chi connectivity index (χ1) is 8.52. The molecule has 96 valence electrons. The molecule has 2 aromatic rings. The third-order valence-corrected chi connectivity index (χ3v) is 2.71. The van der Waals surface area contributed by atoms with Gasteiger partial charge in [0.15, 0.2) is 5.76 Å². The summed E-state index contributed by atoms with van der Waals surface area (Å²) in [5.74, 6) is 0.395. The molecule has 2 heterocycles. The smallest absolute Gasteiger partial charge is 0.274 e. The molecule has 6 heteroatoms. The van der Waals surface area contributed by atoms with E-state index in [4.69, 9.17) is 4.52 Å². The van der Waals surface area contributed by atoms with Crippen molar-refractivity contribution in [1.82, 2.24) is 14.9 Å². The van der Waals surface area contributed by atoms with Crippen molar-refractivity contribution in [1.29, 1.82) is 0 Å². The molecule has 0 atom stereocenters. The lowest BCUT2D eigenvalue weighted by atomic mass is 10.3. The number of hydrogen-bond acceptors (Lipinski definition) is 4. The number of carbonyl (C=O) groups is 1. The Morgan fingerprint density at radius 3 is 2.72 bits per heavy atom. The molecule has 6 nitrogen and oxygen atoms in total. The number of carbonyl (C=O) groups excluding carboxylic acids is 1. The van der Waals surface area contributed by atoms with Gasteiger partial charge in [0.1, 0.15) is 17.1 Å². The largest absolute Gasteiger partial charge is 0.359 e. The molecule has 0 bridgehead atoms. The Morgan fingerprint density at radius 2 is 2.17 bits per heavy atom. The maximum absolute atomic E-state index is 12.2. The lowest BCUT2D eigenvalue weighted by Crippen LogP contribution is -2.18. The van der Waals surface area contributed by atoms with E-state index in [2.05, 4.69) is 15.6 Å². The maximum atomic E-state index is 12.2. The number of nitrogens with zero attached hydrogens (tertiary/aromatic N) is 3. The van der Waals surface area contributed by atoms with Crippen molar-refractivity contribution < 1.29 is 9.32 Å². The van der Waals surface area contributed by atoms with Crippen LogP contribution in [-0.2, 0) is 6.54 Å². The molecule has 18 heavy (non-hydrogen) atoms. The van der Waals surface area contributed by atoms with Crippen LogP contribution in [0.5, 0.6) is 0 Å². The zero-order valence-corrected chi connectivity index (χ0v) is 10.9. The minimum absolute atomic E-state index is 0.202. The van der Waals surface area contributed by atoms with Gasteiger partial charge in [-0.2, -0.15) is 5.10 Å². The SMILES string of the molecule is CCn1nc(C)cc1C(=O)Nc1c(C)noc1C. The fourth-order valence-corrected chi connectivity index (χ4v) is 1.81. The predicted molar refractivity (Wildman–Crippen MR) is 66.6 cm³/mol. The van der Waals surface area contributed by atoms with E-state index in [9.17, 15) is 4.79 Å². The average Bonchev–Trinajstić information content (AvgIpc) is 2.86. The summed E-state index contributed by atoms with van der Waals surface area (Å²) < 4.78 is 6.68. The van der Waals surface area contributed by atoms with Gasteiger partial charge >= 0.3 is 0 Å². The summed E-state index contributed by atoms with van der Waals surface area (Å²) in [4.78, 5) is 12.2. The van der Waals surface area contributed by atoms with Gasteiger partial charge in [0.2, 0.25) is 0 Å². The lowest BCUT2D eigenvalue weighted by Gasteiger charge is -2.05. The zero-order chi connectivity index (χ0) is 13.3. The topological polar surface area (TPSA) is 73.0 Å². The van der Waals surface area contributed by atoms with Gasteiger partial charge in [-0.05, 0) is 33.8 Å². The Labute approximate surface area is 105 Å². The van der Waals surface area contributed by atoms with Crippen molar-refractivity contribution in [2.45, 2.75) is 34.2 Å². The third-order valence-electron chi connectivity index (χ3n) is 2.71. The Kier molecular flexibility index (Phi) is 3.18. The molecule has 1 N–H and O–H groups in total. The van der Waals surface area contributed by atoms with Crippen molar-refractivity contribution in [3.8, 4) is 0 Å². The predicted octanol–water partition coefficient (Wildman–Crippen LogP) is 2.07. The normalized spacial score (nSPS) is 10.7. The Morgan fingerprint density at radius 1 is 1.44 bits per heavy atom. The molecule has 0 spiro atoms. The van der Waals surface area contributed by atoms with Crippen LogP contribution in [0.1, 0.15) is 34.6 Å². The number of rotatable bonds is 3. The fourth-order valence-electron chi connectivity index (χ4n) is 1.81. The highest BCUT2D eigenvalue weighted by molar-refractivity contribution is 6.03. The number of anilines is 1. The second kappa shape index (κ2) is 4.64. The first kappa shape index (κ1) is 12.3. The Hall–Kier alpha value is -2.11. The zero-order valence-electron chi connectivity index (χ0n) is 10.9. The molecule has 0 aliphatic carbocycles. The number of aromatic nitrogens is 3. The highest BCUT2D eigenvalue weighted by atomic mass is 16.5. The highest BCUT2D eigenvalue weighted by Crippen LogP contribution is 2.19. The third kappa shape index (κ3) is 2.13. The van der Waals surface area contributed by atoms with E-state index in [1.54, 1.807) is 24.6 Å². The van der Waals surface area contributed by atoms with Crippen LogP contribution in [0.2, 0.25) is 0 Å². The molecule has 0 aliphatic rings. The van der Waals surface area contributed by atoms with E-state index < -0.39 is 0 Å². The lowest BCUT2D eigenvalue weighted by molar-refractivity contribution is 0.101. The van der Waals surface area contributed by atoms with Crippen molar-refractivity contribution >= 4 is 11.6 Å². The van der Waals surface area contributed by atoms with E-state index in [0.29, 0.717) is 29.4 Å². The minimum Gasteiger partial charge on any atom is -0.359 e. The summed E-state index contributed by atoms with van der Waals surface area (Å²) >= 11 is 0. The monoisotopic (exact) mass is 248 g/mol. The number of amides is 1. The standard InChI is InChI=1S/C12H16N4O2/c1-5-16-10(6-7(2)14-16)12(17)13-11-8(3)15-18-9(11)4/h6H,5H2,1-4H3,(H,13,17). The second-order valence-corrected chi connectivity index (χ2v) is 4.14. The molecule has 0 saturated carbocycles. The summed E-state index contributed by atoms with van der Waals surface area (Å²) in [5, 5.41) is 10.8. The summed E-state index contributed by atoms with van der Waals surface area (Å²) in [6.45, 7) is 8.00. The molecule has 0 saturated heterocycles. The van der Waals surface area contributed by atoms with Gasteiger partial charge in [-0.25, -0.2) is 0 Å². The van der Waals surface area contributed by atoms with Crippen LogP contribution in [0.4, 0.5) is 5.69 Å². The Bertz CT molecular complexity index is 563. The molecule has 1 amide bonds. The van der Waals surface area contributed by atoms with E-state index >= 15 is 0 Å². The van der Waals surface area contributed by atoms with Crippen LogP contribution in [0.3, 0.4) is 0 Å². The quantitative estimate of drug-likeness (QED) is 0.902. The van der Waals surface area contributed by atoms with Crippen LogP contribution < -0.4 is 5.32 Å². The molecule has 0 fully saturated rings. The molecule has 0 unspecified atom stereocenters. The first-order valence-electron chi connectivity index (χ1n) is 5.81. The first-order valence-corrected chi connectivity index (χ1v) is 5.81. The molecular formula is C12H16N4O2. The van der Waals surface area contributed by atoms with Crippen LogP contribution >= 0.6 is 0 Å². The van der Waals surface area contributed by atoms with Crippen LogP contribution in [0.15, 0.2) is 10.6 Å². The van der Waals surface area contributed by atoms with Crippen LogP contribution in [0, 0.1) is 20.8 Å². The number of hydrogen-bond donors (Lipinski definition) is 1. The van der Waals surface area contributed by atoms with Crippen molar-refractivity contribution in [3.63, 3.8) is 0 Å². The van der Waals surface area contributed by atoms with Gasteiger partial charge in [-0.1, -0.05) is 5.16 Å². The second-order valence-electron chi connectivity index (χ2n) is 4.14. The van der Waals surface area contributed by atoms with Crippen LogP contribution in [0.25, 0.3) is 0 Å². The van der Waals surface area contributed by atoms with Gasteiger partial charge in [0, 0.05) is 6.54 Å². The van der Waals surface area contributed by atoms with Crippen molar-refractivity contribution in [2.75, 3.05) is 5.32 Å². The van der Waals surface area contributed by atoms with E-state index in [-0.39, 0.29) is 5.91 Å². The summed E-state index contributed by atoms with van der Waals surface area (Å²) in [7, 11) is 0. The summed E-state index contributed by atoms with van der Waals surface area (Å²) in [6.07, 6.45) is 0. The highest BCUT2D eigenvalue weighted by Gasteiger charge is 2.17. The van der Waals surface area contributed by atoms with Crippen LogP contribution in [-0.4, -0.2) is 20.8 Å². The van der Waals surface area contributed by atoms with Gasteiger partial charge in [0.25, 0.3) is 5.91 Å². The molecule has 0 aliphatic heterocycles. The Balaban J connectivity index is 2.27. The molecule has 2 rings (SSSR count). The molecular weight excluding hydrogens is 232 g/mol. The van der Waals surface area contributed by atoms with Gasteiger partial charge < -0.3 is 9.84 Å². The summed E-state index contributed by atoms with van der Waals surface area (Å²) in [6, 6.07) is 1.76. The summed E-state index contributed by atoms with van der Waals surface area (Å²) in [5.41, 5.74) is 2.65. The minimum atomic E-state index is -0.202. The fraction of sp³-hybridized carbons (Fsp3) is 0.417. The maximum Gasteiger partial charge on any atom is 0.274 e.